The van der Waals surface area contributed by atoms with Crippen LogP contribution in [0.15, 0.2) is 40.9 Å². The number of benzene rings is 2. The minimum atomic E-state index is 0.868. The molecule has 0 aliphatic rings. The summed E-state index contributed by atoms with van der Waals surface area (Å²) >= 11 is 3.47. The van der Waals surface area contributed by atoms with Gasteiger partial charge in [-0.1, -0.05) is 35.0 Å². The Morgan fingerprint density at radius 3 is 2.50 bits per heavy atom. The second kappa shape index (κ2) is 6.91. The molecule has 0 fully saturated rings. The van der Waals surface area contributed by atoms with Gasteiger partial charge in [-0.25, -0.2) is 0 Å². The van der Waals surface area contributed by atoms with Crippen LogP contribution in [-0.2, 0) is 6.54 Å². The first-order chi connectivity index (χ1) is 9.60. The molecular formula is C17H20BrNO. The highest BCUT2D eigenvalue weighted by molar-refractivity contribution is 9.10. The van der Waals surface area contributed by atoms with Crippen LogP contribution >= 0.6 is 15.9 Å². The zero-order chi connectivity index (χ0) is 14.5. The van der Waals surface area contributed by atoms with Crippen molar-refractivity contribution in [3.8, 4) is 11.5 Å². The first-order valence-corrected chi connectivity index (χ1v) is 7.63. The molecule has 0 aromatic heterocycles. The quantitative estimate of drug-likeness (QED) is 0.834. The summed E-state index contributed by atoms with van der Waals surface area (Å²) < 4.78 is 7.14. The first kappa shape index (κ1) is 15.1. The minimum absolute atomic E-state index is 0.868. The van der Waals surface area contributed by atoms with Gasteiger partial charge in [-0.2, -0.15) is 0 Å². The van der Waals surface area contributed by atoms with E-state index in [1.165, 1.54) is 5.56 Å². The van der Waals surface area contributed by atoms with Crippen molar-refractivity contribution in [2.24, 2.45) is 0 Å². The lowest BCUT2D eigenvalue weighted by molar-refractivity contribution is 0.474. The van der Waals surface area contributed by atoms with Crippen molar-refractivity contribution < 1.29 is 4.74 Å². The molecule has 0 aliphatic carbocycles. The Kier molecular flexibility index (Phi) is 5.21. The van der Waals surface area contributed by atoms with E-state index >= 15 is 0 Å². The molecule has 1 N–H and O–H groups in total. The maximum Gasteiger partial charge on any atom is 0.130 e. The predicted octanol–water partition coefficient (Wildman–Crippen LogP) is 4.97. The Morgan fingerprint density at radius 2 is 1.80 bits per heavy atom. The Labute approximate surface area is 129 Å². The zero-order valence-corrected chi connectivity index (χ0v) is 13.8. The average Bonchev–Trinajstić information content (AvgIpc) is 2.42. The van der Waals surface area contributed by atoms with E-state index in [1.54, 1.807) is 0 Å². The maximum atomic E-state index is 6.07. The third kappa shape index (κ3) is 3.84. The van der Waals surface area contributed by atoms with Crippen LogP contribution in [0.1, 0.15) is 23.6 Å². The number of ether oxygens (including phenoxy) is 1. The molecule has 0 amide bonds. The summed E-state index contributed by atoms with van der Waals surface area (Å²) in [7, 11) is 0. The normalized spacial score (nSPS) is 10.6. The SMILES string of the molecule is CCNCc1ccc(C)c(Oc2ccc(Br)cc2C)c1. The van der Waals surface area contributed by atoms with E-state index in [0.717, 1.165) is 40.2 Å². The molecule has 0 saturated heterocycles. The van der Waals surface area contributed by atoms with E-state index in [4.69, 9.17) is 4.74 Å². The highest BCUT2D eigenvalue weighted by atomic mass is 79.9. The van der Waals surface area contributed by atoms with Crippen LogP contribution in [-0.4, -0.2) is 6.54 Å². The van der Waals surface area contributed by atoms with Gasteiger partial charge in [0.2, 0.25) is 0 Å². The molecule has 0 spiro atoms. The molecule has 0 bridgehead atoms. The van der Waals surface area contributed by atoms with Gasteiger partial charge in [-0.3, -0.25) is 0 Å². The van der Waals surface area contributed by atoms with Crippen molar-refractivity contribution in [1.29, 1.82) is 0 Å². The first-order valence-electron chi connectivity index (χ1n) is 6.84. The van der Waals surface area contributed by atoms with E-state index < -0.39 is 0 Å². The van der Waals surface area contributed by atoms with E-state index in [0.29, 0.717) is 0 Å². The van der Waals surface area contributed by atoms with Crippen LogP contribution in [0.4, 0.5) is 0 Å². The van der Waals surface area contributed by atoms with Gasteiger partial charge in [0.15, 0.2) is 0 Å². The van der Waals surface area contributed by atoms with Gasteiger partial charge in [-0.15, -0.1) is 0 Å². The second-order valence-corrected chi connectivity index (χ2v) is 5.81. The lowest BCUT2D eigenvalue weighted by atomic mass is 10.1. The summed E-state index contributed by atoms with van der Waals surface area (Å²) in [6.45, 7) is 8.07. The van der Waals surface area contributed by atoms with Crippen LogP contribution in [0.2, 0.25) is 0 Å². The summed E-state index contributed by atoms with van der Waals surface area (Å²) in [6, 6.07) is 12.4. The van der Waals surface area contributed by atoms with Gasteiger partial charge in [0, 0.05) is 11.0 Å². The fourth-order valence-electron chi connectivity index (χ4n) is 1.98. The summed E-state index contributed by atoms with van der Waals surface area (Å²) in [5.74, 6) is 1.82. The molecule has 0 radical (unpaired) electrons. The van der Waals surface area contributed by atoms with Gasteiger partial charge >= 0.3 is 0 Å². The van der Waals surface area contributed by atoms with Crippen LogP contribution in [0.5, 0.6) is 11.5 Å². The lowest BCUT2D eigenvalue weighted by Gasteiger charge is -2.13. The minimum Gasteiger partial charge on any atom is -0.457 e. The Bertz CT molecular complexity index is 596. The molecule has 2 nitrogen and oxygen atoms in total. The molecular weight excluding hydrogens is 314 g/mol. The highest BCUT2D eigenvalue weighted by Gasteiger charge is 2.06. The van der Waals surface area contributed by atoms with Crippen LogP contribution in [0.3, 0.4) is 0 Å². The Balaban J connectivity index is 2.23. The predicted molar refractivity (Wildman–Crippen MR) is 87.5 cm³/mol. The number of rotatable bonds is 5. The van der Waals surface area contributed by atoms with E-state index in [2.05, 4.69) is 66.3 Å². The number of aryl methyl sites for hydroxylation is 2. The Morgan fingerprint density at radius 1 is 1.00 bits per heavy atom. The molecule has 0 aliphatic heterocycles. The van der Waals surface area contributed by atoms with Crippen molar-refractivity contribution in [1.82, 2.24) is 5.32 Å². The van der Waals surface area contributed by atoms with Gasteiger partial charge in [-0.05, 0) is 61.3 Å². The smallest absolute Gasteiger partial charge is 0.130 e. The molecule has 3 heteroatoms. The molecule has 20 heavy (non-hydrogen) atoms. The van der Waals surface area contributed by atoms with Crippen LogP contribution in [0, 0.1) is 13.8 Å². The largest absolute Gasteiger partial charge is 0.457 e. The molecule has 2 rings (SSSR count). The fourth-order valence-corrected chi connectivity index (χ4v) is 2.46. The third-order valence-corrected chi connectivity index (χ3v) is 3.68. The monoisotopic (exact) mass is 333 g/mol. The van der Waals surface area contributed by atoms with E-state index in [9.17, 15) is 0 Å². The number of hydrogen-bond acceptors (Lipinski definition) is 2. The van der Waals surface area contributed by atoms with Crippen molar-refractivity contribution >= 4 is 15.9 Å². The summed E-state index contributed by atoms with van der Waals surface area (Å²) in [5.41, 5.74) is 3.51. The van der Waals surface area contributed by atoms with Gasteiger partial charge in [0.25, 0.3) is 0 Å². The van der Waals surface area contributed by atoms with Gasteiger partial charge in [0.1, 0.15) is 11.5 Å². The van der Waals surface area contributed by atoms with Crippen molar-refractivity contribution in [2.75, 3.05) is 6.54 Å². The number of hydrogen-bond donors (Lipinski definition) is 1. The number of nitrogens with one attached hydrogen (secondary N) is 1. The van der Waals surface area contributed by atoms with Gasteiger partial charge in [0.05, 0.1) is 0 Å². The Hall–Kier alpha value is -1.32. The number of halogens is 1. The topological polar surface area (TPSA) is 21.3 Å². The molecule has 2 aromatic carbocycles. The van der Waals surface area contributed by atoms with Crippen LogP contribution < -0.4 is 10.1 Å². The lowest BCUT2D eigenvalue weighted by Crippen LogP contribution is -2.11. The van der Waals surface area contributed by atoms with Gasteiger partial charge < -0.3 is 10.1 Å². The maximum absolute atomic E-state index is 6.07. The van der Waals surface area contributed by atoms with Crippen molar-refractivity contribution in [3.05, 3.63) is 57.6 Å². The highest BCUT2D eigenvalue weighted by Crippen LogP contribution is 2.30. The summed E-state index contributed by atoms with van der Waals surface area (Å²) in [5, 5.41) is 3.33. The summed E-state index contributed by atoms with van der Waals surface area (Å²) in [6.07, 6.45) is 0. The van der Waals surface area contributed by atoms with Crippen molar-refractivity contribution in [2.45, 2.75) is 27.3 Å². The third-order valence-electron chi connectivity index (χ3n) is 3.19. The second-order valence-electron chi connectivity index (χ2n) is 4.89. The average molecular weight is 334 g/mol. The molecule has 2 aromatic rings. The zero-order valence-electron chi connectivity index (χ0n) is 12.2. The standard InChI is InChI=1S/C17H20BrNO/c1-4-19-11-14-6-5-12(2)17(10-14)20-16-8-7-15(18)9-13(16)3/h5-10,19H,4,11H2,1-3H3. The molecule has 0 unspecified atom stereocenters. The van der Waals surface area contributed by atoms with Crippen LogP contribution in [0.25, 0.3) is 0 Å². The van der Waals surface area contributed by atoms with Crippen molar-refractivity contribution in [3.63, 3.8) is 0 Å². The van der Waals surface area contributed by atoms with E-state index in [-0.39, 0.29) is 0 Å². The van der Waals surface area contributed by atoms with E-state index in [1.807, 2.05) is 12.1 Å². The summed E-state index contributed by atoms with van der Waals surface area (Å²) in [4.78, 5) is 0. The molecule has 106 valence electrons. The fraction of sp³-hybridized carbons (Fsp3) is 0.294. The molecule has 0 atom stereocenters. The molecule has 0 heterocycles. The molecule has 0 saturated carbocycles.